The highest BCUT2D eigenvalue weighted by Crippen LogP contribution is 2.10. The van der Waals surface area contributed by atoms with Crippen LogP contribution in [0, 0.1) is 11.8 Å². The van der Waals surface area contributed by atoms with Crippen molar-refractivity contribution in [3.63, 3.8) is 0 Å². The summed E-state index contributed by atoms with van der Waals surface area (Å²) in [5.74, 6) is -2.87. The first kappa shape index (κ1) is 17.4. The van der Waals surface area contributed by atoms with Gasteiger partial charge in [-0.25, -0.2) is 0 Å². The summed E-state index contributed by atoms with van der Waals surface area (Å²) in [6.07, 6.45) is 0.178. The molecule has 0 radical (unpaired) electrons. The molecule has 2 atom stereocenters. The predicted molar refractivity (Wildman–Crippen MR) is 71.5 cm³/mol. The van der Waals surface area contributed by atoms with Crippen molar-refractivity contribution in [3.8, 4) is 0 Å². The lowest BCUT2D eigenvalue weighted by atomic mass is 9.95. The van der Waals surface area contributed by atoms with E-state index in [4.69, 9.17) is 5.11 Å². The Kier molecular flexibility index (Phi) is 6.52. The summed E-state index contributed by atoms with van der Waals surface area (Å²) in [6, 6.07) is 0. The number of aliphatic carboxylic acids is 1. The van der Waals surface area contributed by atoms with Crippen LogP contribution in [0.2, 0.25) is 0 Å². The molecule has 0 saturated carbocycles. The molecule has 0 rings (SSSR count). The minimum atomic E-state index is -1.01. The Bertz CT molecular complexity index is 347. The number of hydrogen-bond donors (Lipinski definition) is 3. The molecule has 0 aromatic rings. The third-order valence-electron chi connectivity index (χ3n) is 2.72. The molecule has 0 aromatic carbocycles. The molecule has 110 valence electrons. The van der Waals surface area contributed by atoms with Crippen LogP contribution >= 0.6 is 0 Å². The molecule has 6 nitrogen and oxygen atoms in total. The Balaban J connectivity index is 4.05. The molecule has 0 aliphatic rings. The molecule has 0 fully saturated rings. The van der Waals surface area contributed by atoms with E-state index >= 15 is 0 Å². The van der Waals surface area contributed by atoms with Crippen molar-refractivity contribution < 1.29 is 19.5 Å². The van der Waals surface area contributed by atoms with Crippen LogP contribution in [0.4, 0.5) is 0 Å². The van der Waals surface area contributed by atoms with Gasteiger partial charge >= 0.3 is 5.97 Å². The number of carbonyl (C=O) groups is 3. The van der Waals surface area contributed by atoms with Gasteiger partial charge in [0, 0.05) is 24.4 Å². The minimum Gasteiger partial charge on any atom is -0.481 e. The van der Waals surface area contributed by atoms with Crippen molar-refractivity contribution >= 4 is 17.8 Å². The average Bonchev–Trinajstić information content (AvgIpc) is 2.24. The van der Waals surface area contributed by atoms with Gasteiger partial charge in [-0.05, 0) is 20.8 Å². The van der Waals surface area contributed by atoms with Crippen molar-refractivity contribution in [1.29, 1.82) is 0 Å². The van der Waals surface area contributed by atoms with Gasteiger partial charge in [0.1, 0.15) is 0 Å². The molecule has 0 heterocycles. The van der Waals surface area contributed by atoms with Crippen molar-refractivity contribution in [1.82, 2.24) is 10.6 Å². The molecule has 0 aliphatic carbocycles. The first-order valence-corrected chi connectivity index (χ1v) is 6.36. The van der Waals surface area contributed by atoms with E-state index in [2.05, 4.69) is 10.6 Å². The number of amides is 2. The summed E-state index contributed by atoms with van der Waals surface area (Å²) in [6.45, 7) is 8.87. The van der Waals surface area contributed by atoms with Crippen LogP contribution in [0.25, 0.3) is 0 Å². The number of rotatable bonds is 6. The third-order valence-corrected chi connectivity index (χ3v) is 2.72. The summed E-state index contributed by atoms with van der Waals surface area (Å²) in [4.78, 5) is 33.9. The lowest BCUT2D eigenvalue weighted by Crippen LogP contribution is -2.42. The smallest absolute Gasteiger partial charge is 0.307 e. The Morgan fingerprint density at radius 2 is 1.63 bits per heavy atom. The zero-order chi connectivity index (χ0) is 15.2. The van der Waals surface area contributed by atoms with Crippen LogP contribution in [0.1, 0.15) is 41.0 Å². The van der Waals surface area contributed by atoms with Gasteiger partial charge in [0.2, 0.25) is 11.8 Å². The lowest BCUT2D eigenvalue weighted by molar-refractivity contribution is -0.146. The standard InChI is InChI=1S/C13H24N2O4/c1-8(9(2)12(18)19)11(17)14-7-6-10(16)15-13(3,4)5/h8-9H,6-7H2,1-5H3,(H,14,17)(H,15,16)(H,18,19). The molecule has 3 N–H and O–H groups in total. The number of carbonyl (C=O) groups excluding carboxylic acids is 2. The second kappa shape index (κ2) is 7.11. The van der Waals surface area contributed by atoms with Gasteiger partial charge < -0.3 is 15.7 Å². The first-order chi connectivity index (χ1) is 8.54. The molecule has 0 saturated heterocycles. The van der Waals surface area contributed by atoms with Crippen molar-refractivity contribution in [2.75, 3.05) is 6.54 Å². The van der Waals surface area contributed by atoms with Crippen molar-refractivity contribution in [3.05, 3.63) is 0 Å². The van der Waals surface area contributed by atoms with E-state index in [1.165, 1.54) is 6.92 Å². The van der Waals surface area contributed by atoms with E-state index in [-0.39, 0.29) is 30.3 Å². The van der Waals surface area contributed by atoms with Gasteiger partial charge in [-0.15, -0.1) is 0 Å². The summed E-state index contributed by atoms with van der Waals surface area (Å²) in [5.41, 5.74) is -0.299. The number of nitrogens with one attached hydrogen (secondary N) is 2. The van der Waals surface area contributed by atoms with Crippen molar-refractivity contribution in [2.45, 2.75) is 46.6 Å². The van der Waals surface area contributed by atoms with E-state index in [1.807, 2.05) is 20.8 Å². The first-order valence-electron chi connectivity index (χ1n) is 6.36. The second-order valence-corrected chi connectivity index (χ2v) is 5.75. The van der Waals surface area contributed by atoms with Gasteiger partial charge in [0.15, 0.2) is 0 Å². The fraction of sp³-hybridized carbons (Fsp3) is 0.769. The normalized spacial score (nSPS) is 14.4. The zero-order valence-corrected chi connectivity index (χ0v) is 12.2. The molecule has 2 amide bonds. The maximum Gasteiger partial charge on any atom is 0.307 e. The molecular weight excluding hydrogens is 248 g/mol. The van der Waals surface area contributed by atoms with Gasteiger partial charge in [-0.3, -0.25) is 14.4 Å². The Labute approximate surface area is 113 Å². The highest BCUT2D eigenvalue weighted by atomic mass is 16.4. The molecular formula is C13H24N2O4. The predicted octanol–water partition coefficient (Wildman–Crippen LogP) is 0.764. The maximum absolute atomic E-state index is 11.6. The summed E-state index contributed by atoms with van der Waals surface area (Å²) in [7, 11) is 0. The summed E-state index contributed by atoms with van der Waals surface area (Å²) in [5, 5.41) is 14.1. The summed E-state index contributed by atoms with van der Waals surface area (Å²) >= 11 is 0. The summed E-state index contributed by atoms with van der Waals surface area (Å²) < 4.78 is 0. The van der Waals surface area contributed by atoms with Crippen LogP contribution in [0.15, 0.2) is 0 Å². The molecule has 6 heteroatoms. The molecule has 0 spiro atoms. The average molecular weight is 272 g/mol. The monoisotopic (exact) mass is 272 g/mol. The van der Waals surface area contributed by atoms with E-state index in [9.17, 15) is 14.4 Å². The second-order valence-electron chi connectivity index (χ2n) is 5.75. The topological polar surface area (TPSA) is 95.5 Å². The maximum atomic E-state index is 11.6. The van der Waals surface area contributed by atoms with E-state index < -0.39 is 17.8 Å². The van der Waals surface area contributed by atoms with Crippen LogP contribution in [0.5, 0.6) is 0 Å². The minimum absolute atomic E-state index is 0.147. The zero-order valence-electron chi connectivity index (χ0n) is 12.2. The fourth-order valence-electron chi connectivity index (χ4n) is 1.38. The largest absolute Gasteiger partial charge is 0.481 e. The Hall–Kier alpha value is -1.59. The Morgan fingerprint density at radius 3 is 2.05 bits per heavy atom. The SMILES string of the molecule is CC(C(=O)O)C(C)C(=O)NCCC(=O)NC(C)(C)C. The van der Waals surface area contributed by atoms with Crippen LogP contribution in [0.3, 0.4) is 0 Å². The Morgan fingerprint density at radius 1 is 1.11 bits per heavy atom. The third kappa shape index (κ3) is 7.43. The van der Waals surface area contributed by atoms with Gasteiger partial charge in [0.25, 0.3) is 0 Å². The van der Waals surface area contributed by atoms with Gasteiger partial charge in [-0.1, -0.05) is 13.8 Å². The lowest BCUT2D eigenvalue weighted by Gasteiger charge is -2.21. The fourth-order valence-corrected chi connectivity index (χ4v) is 1.38. The molecule has 19 heavy (non-hydrogen) atoms. The van der Waals surface area contributed by atoms with Crippen molar-refractivity contribution in [2.24, 2.45) is 11.8 Å². The van der Waals surface area contributed by atoms with Crippen LogP contribution in [-0.4, -0.2) is 35.0 Å². The molecule has 0 aliphatic heterocycles. The van der Waals surface area contributed by atoms with E-state index in [0.717, 1.165) is 0 Å². The van der Waals surface area contributed by atoms with E-state index in [0.29, 0.717) is 0 Å². The molecule has 2 unspecified atom stereocenters. The highest BCUT2D eigenvalue weighted by Gasteiger charge is 2.25. The van der Waals surface area contributed by atoms with E-state index in [1.54, 1.807) is 6.92 Å². The quantitative estimate of drug-likeness (QED) is 0.665. The van der Waals surface area contributed by atoms with Gasteiger partial charge in [0.05, 0.1) is 5.92 Å². The number of hydrogen-bond acceptors (Lipinski definition) is 3. The molecule has 0 aromatic heterocycles. The van der Waals surface area contributed by atoms with Gasteiger partial charge in [-0.2, -0.15) is 0 Å². The molecule has 0 bridgehead atoms. The van der Waals surface area contributed by atoms with Crippen LogP contribution < -0.4 is 10.6 Å². The number of carboxylic acids is 1. The number of carboxylic acid groups (broad SMARTS) is 1. The van der Waals surface area contributed by atoms with Crippen LogP contribution in [-0.2, 0) is 14.4 Å². The highest BCUT2D eigenvalue weighted by molar-refractivity contribution is 5.84.